The number of nitro benzene ring substituents is 1. The van der Waals surface area contributed by atoms with E-state index in [2.05, 4.69) is 5.32 Å². The van der Waals surface area contributed by atoms with Crippen molar-refractivity contribution in [1.29, 1.82) is 0 Å². The number of ether oxygens (including phenoxy) is 1. The number of amides is 1. The Morgan fingerprint density at radius 3 is 2.89 bits per heavy atom. The van der Waals surface area contributed by atoms with E-state index < -0.39 is 10.8 Å². The van der Waals surface area contributed by atoms with E-state index in [1.807, 2.05) is 0 Å². The lowest BCUT2D eigenvalue weighted by molar-refractivity contribution is -0.383. The van der Waals surface area contributed by atoms with Crippen LogP contribution in [0, 0.1) is 10.1 Å². The number of rotatable bonds is 7. The summed E-state index contributed by atoms with van der Waals surface area (Å²) >= 11 is 5.85. The lowest BCUT2D eigenvalue weighted by Crippen LogP contribution is -2.20. The summed E-state index contributed by atoms with van der Waals surface area (Å²) in [7, 11) is 0. The quantitative estimate of drug-likeness (QED) is 0.440. The first kappa shape index (κ1) is 14.2. The number of para-hydroxylation sites is 1. The summed E-state index contributed by atoms with van der Waals surface area (Å²) in [5, 5.41) is 13.8. The second-order valence-electron chi connectivity index (χ2n) is 3.34. The Labute approximate surface area is 108 Å². The van der Waals surface area contributed by atoms with Crippen molar-refractivity contribution < 1.29 is 14.5 Å². The molecule has 1 aromatic rings. The number of halogens is 1. The first-order valence-corrected chi connectivity index (χ1v) is 5.43. The molecule has 0 bridgehead atoms. The number of nitrogens with zero attached hydrogens (tertiary/aromatic N) is 1. The molecule has 0 aliphatic rings. The van der Waals surface area contributed by atoms with E-state index in [1.54, 1.807) is 6.07 Å². The number of anilines is 1. The molecule has 98 valence electrons. The largest absolute Gasteiger partial charge is 0.376 e. The molecular formula is C10H12ClN3O4. The van der Waals surface area contributed by atoms with Gasteiger partial charge in [-0.1, -0.05) is 17.7 Å². The van der Waals surface area contributed by atoms with E-state index in [1.165, 1.54) is 12.1 Å². The second kappa shape index (κ2) is 6.77. The van der Waals surface area contributed by atoms with Gasteiger partial charge in [0.1, 0.15) is 12.3 Å². The Bertz CT molecular complexity index is 453. The molecule has 1 amide bonds. The Hall–Kier alpha value is -1.86. The zero-order chi connectivity index (χ0) is 13.5. The van der Waals surface area contributed by atoms with Crippen LogP contribution in [0.1, 0.15) is 0 Å². The molecule has 1 aromatic carbocycles. The summed E-state index contributed by atoms with van der Waals surface area (Å²) in [6.07, 6.45) is 0. The molecule has 8 heteroatoms. The molecular weight excluding hydrogens is 262 g/mol. The van der Waals surface area contributed by atoms with Gasteiger partial charge in [-0.15, -0.1) is 0 Å². The normalized spacial score (nSPS) is 10.1. The highest BCUT2D eigenvalue weighted by molar-refractivity contribution is 6.33. The monoisotopic (exact) mass is 273 g/mol. The molecule has 0 spiro atoms. The van der Waals surface area contributed by atoms with E-state index in [4.69, 9.17) is 22.1 Å². The molecule has 0 atom stereocenters. The molecule has 0 heterocycles. The minimum Gasteiger partial charge on any atom is -0.376 e. The van der Waals surface area contributed by atoms with Crippen LogP contribution in [0.15, 0.2) is 18.2 Å². The topological polar surface area (TPSA) is 107 Å². The van der Waals surface area contributed by atoms with E-state index >= 15 is 0 Å². The minimum absolute atomic E-state index is 0.114. The maximum Gasteiger partial charge on any atom is 0.293 e. The van der Waals surface area contributed by atoms with Gasteiger partial charge in [-0.25, -0.2) is 0 Å². The maximum absolute atomic E-state index is 10.8. The van der Waals surface area contributed by atoms with Crippen molar-refractivity contribution >= 4 is 28.9 Å². The van der Waals surface area contributed by atoms with Crippen LogP contribution < -0.4 is 11.1 Å². The van der Waals surface area contributed by atoms with Crippen molar-refractivity contribution in [3.8, 4) is 0 Å². The van der Waals surface area contributed by atoms with Crippen LogP contribution >= 0.6 is 11.6 Å². The van der Waals surface area contributed by atoms with Crippen LogP contribution in [0.3, 0.4) is 0 Å². The molecule has 1 rings (SSSR count). The number of nitro groups is 1. The summed E-state index contributed by atoms with van der Waals surface area (Å²) < 4.78 is 4.91. The summed E-state index contributed by atoms with van der Waals surface area (Å²) in [5.74, 6) is -0.571. The zero-order valence-corrected chi connectivity index (χ0v) is 10.1. The van der Waals surface area contributed by atoms with Gasteiger partial charge in [-0.3, -0.25) is 14.9 Å². The molecule has 0 fully saturated rings. The van der Waals surface area contributed by atoms with Gasteiger partial charge in [-0.2, -0.15) is 0 Å². The molecule has 0 unspecified atom stereocenters. The molecule has 0 saturated heterocycles. The van der Waals surface area contributed by atoms with Gasteiger partial charge < -0.3 is 15.8 Å². The Morgan fingerprint density at radius 1 is 1.56 bits per heavy atom. The van der Waals surface area contributed by atoms with Gasteiger partial charge >= 0.3 is 0 Å². The number of benzene rings is 1. The van der Waals surface area contributed by atoms with Crippen LogP contribution in [0.4, 0.5) is 11.4 Å². The lowest BCUT2D eigenvalue weighted by atomic mass is 10.2. The molecule has 0 saturated carbocycles. The maximum atomic E-state index is 10.8. The highest BCUT2D eigenvalue weighted by atomic mass is 35.5. The average molecular weight is 274 g/mol. The summed E-state index contributed by atoms with van der Waals surface area (Å²) in [5.41, 5.74) is 4.99. The Balaban J connectivity index is 2.56. The third-order valence-electron chi connectivity index (χ3n) is 1.98. The highest BCUT2D eigenvalue weighted by Crippen LogP contribution is 2.31. The number of hydrogen-bond acceptors (Lipinski definition) is 5. The van der Waals surface area contributed by atoms with Crippen molar-refractivity contribution in [2.24, 2.45) is 5.73 Å². The number of carbonyl (C=O) groups is 1. The third kappa shape index (κ3) is 4.19. The van der Waals surface area contributed by atoms with Crippen molar-refractivity contribution in [1.82, 2.24) is 0 Å². The van der Waals surface area contributed by atoms with Crippen molar-refractivity contribution in [3.05, 3.63) is 33.3 Å². The van der Waals surface area contributed by atoms with Gasteiger partial charge in [-0.05, 0) is 6.07 Å². The van der Waals surface area contributed by atoms with Crippen LogP contribution in [0.5, 0.6) is 0 Å². The highest BCUT2D eigenvalue weighted by Gasteiger charge is 2.15. The molecule has 18 heavy (non-hydrogen) atoms. The number of carbonyl (C=O) groups excluding carboxylic acids is 1. The van der Waals surface area contributed by atoms with Gasteiger partial charge in [0.15, 0.2) is 0 Å². The lowest BCUT2D eigenvalue weighted by Gasteiger charge is -2.08. The number of nitrogens with one attached hydrogen (secondary N) is 1. The van der Waals surface area contributed by atoms with Gasteiger partial charge in [0.25, 0.3) is 5.69 Å². The number of nitrogens with two attached hydrogens (primary N) is 1. The van der Waals surface area contributed by atoms with Gasteiger partial charge in [0.05, 0.1) is 16.6 Å². The molecule has 0 radical (unpaired) electrons. The molecule has 0 aliphatic carbocycles. The fourth-order valence-corrected chi connectivity index (χ4v) is 1.50. The Morgan fingerprint density at radius 2 is 2.28 bits per heavy atom. The third-order valence-corrected chi connectivity index (χ3v) is 2.30. The first-order chi connectivity index (χ1) is 8.52. The smallest absolute Gasteiger partial charge is 0.293 e. The predicted octanol–water partition coefficient (Wildman–Crippen LogP) is 1.16. The number of primary amides is 1. The first-order valence-electron chi connectivity index (χ1n) is 5.05. The van der Waals surface area contributed by atoms with Gasteiger partial charge in [0.2, 0.25) is 5.91 Å². The van der Waals surface area contributed by atoms with Crippen LogP contribution in [0.25, 0.3) is 0 Å². The minimum atomic E-state index is -0.571. The standard InChI is InChI=1S/C10H12ClN3O4/c11-7-2-1-3-8(14(16)17)10(7)13-4-5-18-6-9(12)15/h1-3,13H,4-6H2,(H2,12,15). The molecule has 3 N–H and O–H groups in total. The Kier molecular flexibility index (Phi) is 5.34. The van der Waals surface area contributed by atoms with Gasteiger partial charge in [0, 0.05) is 12.6 Å². The van der Waals surface area contributed by atoms with Crippen molar-refractivity contribution in [3.63, 3.8) is 0 Å². The van der Waals surface area contributed by atoms with E-state index in [0.29, 0.717) is 0 Å². The van der Waals surface area contributed by atoms with Crippen LogP contribution in [-0.4, -0.2) is 30.6 Å². The van der Waals surface area contributed by atoms with E-state index in [9.17, 15) is 14.9 Å². The summed E-state index contributed by atoms with van der Waals surface area (Å²) in [6.45, 7) is 0.273. The predicted molar refractivity (Wildman–Crippen MR) is 66.6 cm³/mol. The fraction of sp³-hybridized carbons (Fsp3) is 0.300. The van der Waals surface area contributed by atoms with Crippen molar-refractivity contribution in [2.75, 3.05) is 25.1 Å². The molecule has 7 nitrogen and oxygen atoms in total. The van der Waals surface area contributed by atoms with Crippen molar-refractivity contribution in [2.45, 2.75) is 0 Å². The molecule has 0 aliphatic heterocycles. The van der Waals surface area contributed by atoms with E-state index in [0.717, 1.165) is 0 Å². The second-order valence-corrected chi connectivity index (χ2v) is 3.74. The average Bonchev–Trinajstić information content (AvgIpc) is 2.29. The summed E-state index contributed by atoms with van der Waals surface area (Å²) in [6, 6.07) is 4.38. The zero-order valence-electron chi connectivity index (χ0n) is 9.39. The van der Waals surface area contributed by atoms with Crippen LogP contribution in [-0.2, 0) is 9.53 Å². The molecule has 0 aromatic heterocycles. The fourth-order valence-electron chi connectivity index (χ4n) is 1.26. The van der Waals surface area contributed by atoms with E-state index in [-0.39, 0.29) is 36.2 Å². The summed E-state index contributed by atoms with van der Waals surface area (Å²) in [4.78, 5) is 20.6. The van der Waals surface area contributed by atoms with Crippen LogP contribution in [0.2, 0.25) is 5.02 Å². The number of hydrogen-bond donors (Lipinski definition) is 2. The SMILES string of the molecule is NC(=O)COCCNc1c(Cl)cccc1[N+](=O)[O-].